The van der Waals surface area contributed by atoms with Crippen LogP contribution in [0.2, 0.25) is 10.0 Å². The fourth-order valence-electron chi connectivity index (χ4n) is 3.16. The Bertz CT molecular complexity index is 1120. The van der Waals surface area contributed by atoms with E-state index in [0.717, 1.165) is 11.1 Å². The Kier molecular flexibility index (Phi) is 4.31. The topological polar surface area (TPSA) is 81.2 Å². The molecule has 0 unspecified atom stereocenters. The van der Waals surface area contributed by atoms with E-state index in [1.807, 2.05) is 25.1 Å². The lowest BCUT2D eigenvalue weighted by Crippen LogP contribution is -2.03. The van der Waals surface area contributed by atoms with Crippen LogP contribution in [0.1, 0.15) is 11.1 Å². The number of pyridine rings is 1. The zero-order valence-corrected chi connectivity index (χ0v) is 15.7. The summed E-state index contributed by atoms with van der Waals surface area (Å²) in [4.78, 5) is 4.43. The summed E-state index contributed by atoms with van der Waals surface area (Å²) in [6.07, 6.45) is 0. The van der Waals surface area contributed by atoms with Gasteiger partial charge in [-0.05, 0) is 48.4 Å². The van der Waals surface area contributed by atoms with Crippen molar-refractivity contribution in [1.29, 1.82) is 5.26 Å². The van der Waals surface area contributed by atoms with E-state index in [-0.39, 0.29) is 12.6 Å². The van der Waals surface area contributed by atoms with E-state index < -0.39 is 0 Å². The average Bonchev–Trinajstić information content (AvgIpc) is 3.11. The van der Waals surface area contributed by atoms with E-state index in [0.29, 0.717) is 43.9 Å². The number of ether oxygens (including phenoxy) is 2. The Morgan fingerprint density at radius 3 is 2.63 bits per heavy atom. The van der Waals surface area contributed by atoms with Gasteiger partial charge in [-0.2, -0.15) is 5.26 Å². The molecule has 2 N–H and O–H groups in total. The van der Waals surface area contributed by atoms with Crippen LogP contribution in [-0.4, -0.2) is 11.8 Å². The maximum absolute atomic E-state index is 9.66. The first kappa shape index (κ1) is 17.5. The molecule has 0 saturated heterocycles. The van der Waals surface area contributed by atoms with Crippen LogP contribution in [0.25, 0.3) is 22.4 Å². The van der Waals surface area contributed by atoms with Crippen LogP contribution < -0.4 is 15.2 Å². The van der Waals surface area contributed by atoms with Gasteiger partial charge in [0.1, 0.15) is 17.5 Å². The van der Waals surface area contributed by atoms with Crippen LogP contribution in [0.3, 0.4) is 0 Å². The highest BCUT2D eigenvalue weighted by molar-refractivity contribution is 6.36. The van der Waals surface area contributed by atoms with Gasteiger partial charge in [-0.3, -0.25) is 0 Å². The second-order valence-corrected chi connectivity index (χ2v) is 6.87. The molecule has 2 aromatic carbocycles. The number of benzene rings is 2. The number of nitrogens with zero attached hydrogens (tertiary/aromatic N) is 2. The third kappa shape index (κ3) is 2.93. The monoisotopic (exact) mass is 397 g/mol. The molecule has 1 aliphatic heterocycles. The van der Waals surface area contributed by atoms with Crippen molar-refractivity contribution in [3.63, 3.8) is 0 Å². The summed E-state index contributed by atoms with van der Waals surface area (Å²) in [5.74, 6) is 1.42. The van der Waals surface area contributed by atoms with Crippen molar-refractivity contribution < 1.29 is 9.47 Å². The van der Waals surface area contributed by atoms with Crippen LogP contribution in [-0.2, 0) is 0 Å². The van der Waals surface area contributed by atoms with Gasteiger partial charge in [-0.25, -0.2) is 4.98 Å². The van der Waals surface area contributed by atoms with E-state index in [1.54, 1.807) is 18.2 Å². The van der Waals surface area contributed by atoms with Gasteiger partial charge in [0.2, 0.25) is 6.79 Å². The van der Waals surface area contributed by atoms with Gasteiger partial charge >= 0.3 is 0 Å². The van der Waals surface area contributed by atoms with Crippen molar-refractivity contribution in [2.75, 3.05) is 12.5 Å². The van der Waals surface area contributed by atoms with Gasteiger partial charge in [0.25, 0.3) is 0 Å². The van der Waals surface area contributed by atoms with E-state index in [2.05, 4.69) is 11.1 Å². The molecule has 0 amide bonds. The van der Waals surface area contributed by atoms with Crippen molar-refractivity contribution in [2.24, 2.45) is 0 Å². The normalized spacial score (nSPS) is 12.1. The van der Waals surface area contributed by atoms with Gasteiger partial charge < -0.3 is 15.2 Å². The van der Waals surface area contributed by atoms with Crippen molar-refractivity contribution >= 4 is 29.0 Å². The fourth-order valence-corrected chi connectivity index (χ4v) is 3.66. The molecule has 0 spiro atoms. The van der Waals surface area contributed by atoms with Crippen LogP contribution >= 0.6 is 23.2 Å². The summed E-state index contributed by atoms with van der Waals surface area (Å²) in [5.41, 5.74) is 9.96. The third-order valence-corrected chi connectivity index (χ3v) is 4.98. The molecular formula is C20H13Cl2N3O2. The van der Waals surface area contributed by atoms with Crippen molar-refractivity contribution in [2.45, 2.75) is 6.92 Å². The second-order valence-electron chi connectivity index (χ2n) is 6.02. The largest absolute Gasteiger partial charge is 0.454 e. The molecule has 3 aromatic rings. The molecular weight excluding hydrogens is 385 g/mol. The zero-order valence-electron chi connectivity index (χ0n) is 14.2. The van der Waals surface area contributed by atoms with Crippen molar-refractivity contribution in [3.8, 4) is 40.0 Å². The van der Waals surface area contributed by atoms with Crippen molar-refractivity contribution in [1.82, 2.24) is 4.98 Å². The number of nitriles is 1. The predicted molar refractivity (Wildman–Crippen MR) is 105 cm³/mol. The van der Waals surface area contributed by atoms with Crippen LogP contribution in [0.5, 0.6) is 11.5 Å². The number of hydrogen-bond donors (Lipinski definition) is 1. The highest BCUT2D eigenvalue weighted by Gasteiger charge is 2.22. The number of nitrogens with two attached hydrogens (primary N) is 1. The van der Waals surface area contributed by atoms with Crippen LogP contribution in [0, 0.1) is 18.3 Å². The fraction of sp³-hybridized carbons (Fsp3) is 0.100. The number of aromatic nitrogens is 1. The second kappa shape index (κ2) is 6.66. The zero-order chi connectivity index (χ0) is 19.1. The molecule has 5 nitrogen and oxygen atoms in total. The molecule has 0 saturated carbocycles. The maximum Gasteiger partial charge on any atom is 0.231 e. The average molecular weight is 398 g/mol. The molecule has 0 aliphatic carbocycles. The predicted octanol–water partition coefficient (Wildman–Crippen LogP) is 5.21. The first-order chi connectivity index (χ1) is 13.0. The number of halogens is 2. The van der Waals surface area contributed by atoms with Crippen LogP contribution in [0.4, 0.5) is 5.82 Å². The Hall–Kier alpha value is -2.94. The Morgan fingerprint density at radius 1 is 1.11 bits per heavy atom. The third-order valence-electron chi connectivity index (χ3n) is 4.43. The first-order valence-corrected chi connectivity index (χ1v) is 8.81. The van der Waals surface area contributed by atoms with Crippen molar-refractivity contribution in [3.05, 3.63) is 57.6 Å². The molecule has 0 atom stereocenters. The molecule has 7 heteroatoms. The minimum Gasteiger partial charge on any atom is -0.454 e. The SMILES string of the molecule is Cc1c(-c2ccc(Cl)cc2Cl)nc(N)c(C#N)c1-c1ccc2c(c1)OCO2. The molecule has 0 radical (unpaired) electrons. The summed E-state index contributed by atoms with van der Waals surface area (Å²) in [6, 6.07) is 12.8. The maximum atomic E-state index is 9.66. The summed E-state index contributed by atoms with van der Waals surface area (Å²) < 4.78 is 10.8. The molecule has 1 aromatic heterocycles. The minimum atomic E-state index is 0.136. The standard InChI is InChI=1S/C20H13Cl2N3O2/c1-10-18(11-2-5-16-17(6-11)27-9-26-16)14(8-23)20(24)25-19(10)13-4-3-12(21)7-15(13)22/h2-7H,9H2,1H3,(H2,24,25). The Balaban J connectivity index is 1.99. The van der Waals surface area contributed by atoms with E-state index in [4.69, 9.17) is 38.4 Å². The molecule has 1 aliphatic rings. The highest BCUT2D eigenvalue weighted by Crippen LogP contribution is 2.42. The van der Waals surface area contributed by atoms with E-state index in [1.165, 1.54) is 0 Å². The number of anilines is 1. The smallest absolute Gasteiger partial charge is 0.231 e. The van der Waals surface area contributed by atoms with Crippen LogP contribution in [0.15, 0.2) is 36.4 Å². The van der Waals surface area contributed by atoms with Gasteiger partial charge in [0, 0.05) is 16.1 Å². The molecule has 2 heterocycles. The Labute approximate surface area is 165 Å². The number of fused-ring (bicyclic) bond motifs is 1. The molecule has 0 bridgehead atoms. The minimum absolute atomic E-state index is 0.136. The van der Waals surface area contributed by atoms with E-state index >= 15 is 0 Å². The summed E-state index contributed by atoms with van der Waals surface area (Å²) in [5, 5.41) is 10.6. The van der Waals surface area contributed by atoms with Gasteiger partial charge in [-0.15, -0.1) is 0 Å². The lowest BCUT2D eigenvalue weighted by atomic mass is 9.92. The number of nitrogen functional groups attached to an aromatic ring is 1. The van der Waals surface area contributed by atoms with E-state index in [9.17, 15) is 5.26 Å². The lowest BCUT2D eigenvalue weighted by Gasteiger charge is -2.16. The summed E-state index contributed by atoms with van der Waals surface area (Å²) in [6.45, 7) is 2.06. The highest BCUT2D eigenvalue weighted by atomic mass is 35.5. The van der Waals surface area contributed by atoms with Gasteiger partial charge in [0.15, 0.2) is 11.5 Å². The summed E-state index contributed by atoms with van der Waals surface area (Å²) >= 11 is 12.4. The van der Waals surface area contributed by atoms with Gasteiger partial charge in [0.05, 0.1) is 10.7 Å². The number of hydrogen-bond acceptors (Lipinski definition) is 5. The Morgan fingerprint density at radius 2 is 1.89 bits per heavy atom. The molecule has 134 valence electrons. The molecule has 0 fully saturated rings. The molecule has 4 rings (SSSR count). The lowest BCUT2D eigenvalue weighted by molar-refractivity contribution is 0.174. The quantitative estimate of drug-likeness (QED) is 0.641. The first-order valence-electron chi connectivity index (χ1n) is 8.05. The summed E-state index contributed by atoms with van der Waals surface area (Å²) in [7, 11) is 0. The van der Waals surface area contributed by atoms with Gasteiger partial charge in [-0.1, -0.05) is 29.3 Å². The number of rotatable bonds is 2. The molecule has 27 heavy (non-hydrogen) atoms.